The van der Waals surface area contributed by atoms with Crippen LogP contribution in [0.25, 0.3) is 5.95 Å². The van der Waals surface area contributed by atoms with Crippen LogP contribution < -0.4 is 4.90 Å². The zero-order valence-corrected chi connectivity index (χ0v) is 12.0. The van der Waals surface area contributed by atoms with Crippen LogP contribution in [-0.4, -0.2) is 42.8 Å². The smallest absolute Gasteiger partial charge is 0.258 e. The molecule has 0 radical (unpaired) electrons. The van der Waals surface area contributed by atoms with Crippen LogP contribution in [0.2, 0.25) is 5.28 Å². The van der Waals surface area contributed by atoms with Gasteiger partial charge in [0.05, 0.1) is 0 Å². The Hall–Kier alpha value is -1.76. The number of nitrogens with zero attached hydrogens (tertiary/aromatic N) is 7. The Balaban J connectivity index is 1.83. The predicted molar refractivity (Wildman–Crippen MR) is 75.0 cm³/mol. The molecule has 0 aliphatic carbocycles. The lowest BCUT2D eigenvalue weighted by Crippen LogP contribution is -2.35. The summed E-state index contributed by atoms with van der Waals surface area (Å²) in [5.74, 6) is 1.82. The van der Waals surface area contributed by atoms with E-state index in [0.29, 0.717) is 11.9 Å². The third-order valence-corrected chi connectivity index (χ3v) is 3.85. The van der Waals surface area contributed by atoms with Gasteiger partial charge in [-0.25, -0.2) is 4.98 Å². The fourth-order valence-corrected chi connectivity index (χ4v) is 2.58. The molecule has 1 fully saturated rings. The predicted octanol–water partition coefficient (Wildman–Crippen LogP) is 1.73. The van der Waals surface area contributed by atoms with Crippen molar-refractivity contribution >= 4 is 17.5 Å². The standard InChI is InChI=1S/C12H16ClN7/c1-2-9-3-5-19(6-4-9)11-16-10(13)17-12(18-11)20-8-14-7-15-20/h7-9H,2-6H2,1H3. The van der Waals surface area contributed by atoms with Gasteiger partial charge in [0.25, 0.3) is 5.95 Å². The maximum Gasteiger partial charge on any atom is 0.258 e. The molecule has 0 saturated carbocycles. The van der Waals surface area contributed by atoms with Crippen molar-refractivity contribution in [3.05, 3.63) is 17.9 Å². The van der Waals surface area contributed by atoms with Crippen LogP contribution in [0.3, 0.4) is 0 Å². The normalized spacial score (nSPS) is 16.6. The van der Waals surface area contributed by atoms with Crippen LogP contribution in [0, 0.1) is 5.92 Å². The summed E-state index contributed by atoms with van der Waals surface area (Å²) in [6.45, 7) is 4.15. The monoisotopic (exact) mass is 293 g/mol. The van der Waals surface area contributed by atoms with Crippen molar-refractivity contribution < 1.29 is 0 Å². The van der Waals surface area contributed by atoms with E-state index in [1.165, 1.54) is 30.3 Å². The number of rotatable bonds is 3. The Morgan fingerprint density at radius 3 is 2.60 bits per heavy atom. The highest BCUT2D eigenvalue weighted by atomic mass is 35.5. The van der Waals surface area contributed by atoms with E-state index in [-0.39, 0.29) is 5.28 Å². The highest BCUT2D eigenvalue weighted by molar-refractivity contribution is 6.28. The van der Waals surface area contributed by atoms with E-state index in [1.807, 2.05) is 0 Å². The molecule has 0 amide bonds. The van der Waals surface area contributed by atoms with Gasteiger partial charge in [0.2, 0.25) is 11.2 Å². The van der Waals surface area contributed by atoms with E-state index in [1.54, 1.807) is 6.33 Å². The molecule has 1 saturated heterocycles. The SMILES string of the molecule is CCC1CCN(c2nc(Cl)nc(-n3cncn3)n2)CC1. The van der Waals surface area contributed by atoms with E-state index in [2.05, 4.69) is 36.9 Å². The molecule has 3 rings (SSSR count). The third-order valence-electron chi connectivity index (χ3n) is 3.68. The Morgan fingerprint density at radius 1 is 1.20 bits per heavy atom. The summed E-state index contributed by atoms with van der Waals surface area (Å²) in [7, 11) is 0. The molecule has 7 nitrogen and oxygen atoms in total. The van der Waals surface area contributed by atoms with E-state index in [4.69, 9.17) is 11.6 Å². The minimum absolute atomic E-state index is 0.179. The first-order valence-electron chi connectivity index (χ1n) is 6.77. The number of hydrogen-bond acceptors (Lipinski definition) is 6. The maximum absolute atomic E-state index is 5.99. The van der Waals surface area contributed by atoms with Crippen molar-refractivity contribution in [1.29, 1.82) is 0 Å². The Labute approximate surface area is 122 Å². The van der Waals surface area contributed by atoms with Gasteiger partial charge in [0.1, 0.15) is 12.7 Å². The lowest BCUT2D eigenvalue weighted by Gasteiger charge is -2.31. The Morgan fingerprint density at radius 2 is 1.95 bits per heavy atom. The topological polar surface area (TPSA) is 72.6 Å². The molecule has 8 heteroatoms. The molecule has 20 heavy (non-hydrogen) atoms. The molecule has 3 heterocycles. The number of aromatic nitrogens is 6. The van der Waals surface area contributed by atoms with Crippen molar-refractivity contribution in [2.75, 3.05) is 18.0 Å². The van der Waals surface area contributed by atoms with Gasteiger partial charge in [0, 0.05) is 13.1 Å². The highest BCUT2D eigenvalue weighted by Gasteiger charge is 2.21. The van der Waals surface area contributed by atoms with Gasteiger partial charge in [0.15, 0.2) is 0 Å². The summed E-state index contributed by atoms with van der Waals surface area (Å²) in [5.41, 5.74) is 0. The quantitative estimate of drug-likeness (QED) is 0.858. The molecule has 2 aromatic rings. The molecule has 1 aliphatic heterocycles. The molecular weight excluding hydrogens is 278 g/mol. The Kier molecular flexibility index (Phi) is 3.77. The minimum Gasteiger partial charge on any atom is -0.341 e. The van der Waals surface area contributed by atoms with Crippen LogP contribution in [0.5, 0.6) is 0 Å². The molecule has 2 aromatic heterocycles. The molecule has 106 valence electrons. The fourth-order valence-electron chi connectivity index (χ4n) is 2.43. The van der Waals surface area contributed by atoms with E-state index < -0.39 is 0 Å². The summed E-state index contributed by atoms with van der Waals surface area (Å²) in [5, 5.41) is 4.19. The van der Waals surface area contributed by atoms with Crippen LogP contribution in [-0.2, 0) is 0 Å². The van der Waals surface area contributed by atoms with Crippen LogP contribution in [0.4, 0.5) is 5.95 Å². The average Bonchev–Trinajstić information content (AvgIpc) is 3.01. The molecule has 0 bridgehead atoms. The maximum atomic E-state index is 5.99. The zero-order valence-electron chi connectivity index (χ0n) is 11.3. The molecule has 1 aliphatic rings. The summed E-state index contributed by atoms with van der Waals surface area (Å²) < 4.78 is 1.48. The van der Waals surface area contributed by atoms with Crippen molar-refractivity contribution in [2.45, 2.75) is 26.2 Å². The van der Waals surface area contributed by atoms with Gasteiger partial charge in [-0.2, -0.15) is 24.7 Å². The summed E-state index contributed by atoms with van der Waals surface area (Å²) in [4.78, 5) is 18.8. The number of anilines is 1. The van der Waals surface area contributed by atoms with E-state index in [0.717, 1.165) is 19.0 Å². The second kappa shape index (κ2) is 5.70. The first-order chi connectivity index (χ1) is 9.76. The largest absolute Gasteiger partial charge is 0.341 e. The first-order valence-corrected chi connectivity index (χ1v) is 7.15. The van der Waals surface area contributed by atoms with Gasteiger partial charge in [-0.15, -0.1) is 0 Å². The molecule has 0 unspecified atom stereocenters. The van der Waals surface area contributed by atoms with Crippen LogP contribution in [0.15, 0.2) is 12.7 Å². The molecule has 0 aromatic carbocycles. The van der Waals surface area contributed by atoms with Crippen molar-refractivity contribution in [1.82, 2.24) is 29.7 Å². The average molecular weight is 294 g/mol. The summed E-state index contributed by atoms with van der Waals surface area (Å²) in [6.07, 6.45) is 6.54. The van der Waals surface area contributed by atoms with E-state index >= 15 is 0 Å². The van der Waals surface area contributed by atoms with Crippen molar-refractivity contribution in [3.8, 4) is 5.95 Å². The summed E-state index contributed by atoms with van der Waals surface area (Å²) in [6, 6.07) is 0. The number of halogens is 1. The second-order valence-electron chi connectivity index (χ2n) is 4.88. The van der Waals surface area contributed by atoms with Gasteiger partial charge < -0.3 is 4.90 Å². The molecule has 0 atom stereocenters. The zero-order chi connectivity index (χ0) is 13.9. The lowest BCUT2D eigenvalue weighted by molar-refractivity contribution is 0.392. The highest BCUT2D eigenvalue weighted by Crippen LogP contribution is 2.23. The minimum atomic E-state index is 0.179. The lowest BCUT2D eigenvalue weighted by atomic mass is 9.95. The molecular formula is C12H16ClN7. The third kappa shape index (κ3) is 2.72. The van der Waals surface area contributed by atoms with E-state index in [9.17, 15) is 0 Å². The van der Waals surface area contributed by atoms with Crippen LogP contribution in [0.1, 0.15) is 26.2 Å². The fraction of sp³-hybridized carbons (Fsp3) is 0.583. The van der Waals surface area contributed by atoms with Crippen molar-refractivity contribution in [3.63, 3.8) is 0 Å². The van der Waals surface area contributed by atoms with Gasteiger partial charge in [-0.05, 0) is 30.4 Å². The Bertz CT molecular complexity index is 563. The number of hydrogen-bond donors (Lipinski definition) is 0. The number of piperidine rings is 1. The van der Waals surface area contributed by atoms with Gasteiger partial charge in [-0.3, -0.25) is 0 Å². The first kappa shape index (κ1) is 13.2. The molecule has 0 N–H and O–H groups in total. The van der Waals surface area contributed by atoms with Crippen LogP contribution >= 0.6 is 11.6 Å². The second-order valence-corrected chi connectivity index (χ2v) is 5.22. The van der Waals surface area contributed by atoms with Gasteiger partial charge in [-0.1, -0.05) is 13.3 Å². The van der Waals surface area contributed by atoms with Crippen molar-refractivity contribution in [2.24, 2.45) is 5.92 Å². The molecule has 0 spiro atoms. The summed E-state index contributed by atoms with van der Waals surface area (Å²) >= 11 is 5.99. The van der Waals surface area contributed by atoms with Gasteiger partial charge >= 0.3 is 0 Å².